The topological polar surface area (TPSA) is 66.9 Å². The summed E-state index contributed by atoms with van der Waals surface area (Å²) in [5.41, 5.74) is 5.05. The van der Waals surface area contributed by atoms with Gasteiger partial charge in [-0.1, -0.05) is 18.2 Å². The summed E-state index contributed by atoms with van der Waals surface area (Å²) < 4.78 is 15.8. The molecule has 2 aromatic carbocycles. The summed E-state index contributed by atoms with van der Waals surface area (Å²) in [4.78, 5) is 28.7. The van der Waals surface area contributed by atoms with Crippen LogP contribution in [0.1, 0.15) is 23.1 Å². The smallest absolute Gasteiger partial charge is 0.259 e. The van der Waals surface area contributed by atoms with Gasteiger partial charge < -0.3 is 9.55 Å². The van der Waals surface area contributed by atoms with Gasteiger partial charge in [-0.05, 0) is 36.6 Å². The van der Waals surface area contributed by atoms with Gasteiger partial charge in [-0.15, -0.1) is 0 Å². The van der Waals surface area contributed by atoms with E-state index in [-0.39, 0.29) is 5.82 Å². The lowest BCUT2D eigenvalue weighted by Crippen LogP contribution is -2.22. The lowest BCUT2D eigenvalue weighted by Gasteiger charge is -2.14. The molecule has 5 nitrogen and oxygen atoms in total. The highest BCUT2D eigenvalue weighted by Gasteiger charge is 2.35. The van der Waals surface area contributed by atoms with Crippen LogP contribution in [0.3, 0.4) is 0 Å². The fourth-order valence-corrected chi connectivity index (χ4v) is 4.73. The number of imide groups is 1. The number of carbonyl (C=O) groups is 2. The lowest BCUT2D eigenvalue weighted by molar-refractivity contribution is -0.122. The number of carbonyl (C=O) groups excluding carboxylic acids is 2. The van der Waals surface area contributed by atoms with Gasteiger partial charge in [0.05, 0.1) is 16.7 Å². The van der Waals surface area contributed by atoms with Crippen molar-refractivity contribution >= 4 is 44.8 Å². The van der Waals surface area contributed by atoms with E-state index in [1.807, 2.05) is 18.3 Å². The molecule has 0 radical (unpaired) electrons. The number of benzene rings is 2. The molecule has 0 bridgehead atoms. The number of aromatic amines is 1. The number of fused-ring (bicyclic) bond motifs is 1. The molecule has 2 N–H and O–H groups in total. The van der Waals surface area contributed by atoms with Gasteiger partial charge in [-0.3, -0.25) is 14.9 Å². The van der Waals surface area contributed by atoms with Crippen molar-refractivity contribution in [2.45, 2.75) is 19.4 Å². The number of nitrogens with one attached hydrogen (secondary N) is 2. The molecule has 0 saturated heterocycles. The molecule has 0 aliphatic carbocycles. The number of amides is 2. The molecule has 4 heterocycles. The molecule has 2 aromatic heterocycles. The second kappa shape index (κ2) is 5.67. The number of H-pyrrole nitrogens is 1. The molecule has 6 rings (SSSR count). The van der Waals surface area contributed by atoms with Crippen molar-refractivity contribution in [1.82, 2.24) is 14.9 Å². The van der Waals surface area contributed by atoms with Crippen LogP contribution in [0.15, 0.2) is 48.8 Å². The Hall–Kier alpha value is -3.67. The van der Waals surface area contributed by atoms with Crippen LogP contribution in [0.4, 0.5) is 4.39 Å². The quantitative estimate of drug-likeness (QED) is 0.516. The maximum absolute atomic E-state index is 13.6. The number of hydrogen-bond acceptors (Lipinski definition) is 2. The van der Waals surface area contributed by atoms with E-state index in [1.165, 1.54) is 17.7 Å². The maximum atomic E-state index is 13.6. The normalized spacial score (nSPS) is 16.3. The summed E-state index contributed by atoms with van der Waals surface area (Å²) in [6.45, 7) is 0.887. The number of halogens is 1. The van der Waals surface area contributed by atoms with Gasteiger partial charge in [-0.25, -0.2) is 4.39 Å². The van der Waals surface area contributed by atoms with Crippen LogP contribution in [0.2, 0.25) is 0 Å². The number of aromatic nitrogens is 2. The Morgan fingerprint density at radius 2 is 1.79 bits per heavy atom. The van der Waals surface area contributed by atoms with Crippen LogP contribution in [0.25, 0.3) is 33.0 Å². The van der Waals surface area contributed by atoms with Crippen LogP contribution < -0.4 is 5.32 Å². The highest BCUT2D eigenvalue weighted by atomic mass is 19.1. The van der Waals surface area contributed by atoms with E-state index in [9.17, 15) is 14.0 Å². The zero-order valence-electron chi connectivity index (χ0n) is 15.4. The molecule has 2 amide bonds. The summed E-state index contributed by atoms with van der Waals surface area (Å²) in [5.74, 6) is -1.19. The SMILES string of the molecule is O=C1NC(=O)C(c2cn3c4c(cccc24)CCC3)=C1c1c[nH]c2cc(F)ccc12. The molecule has 2 aliphatic heterocycles. The van der Waals surface area contributed by atoms with Crippen molar-refractivity contribution in [3.05, 3.63) is 71.3 Å². The second-order valence-corrected chi connectivity index (χ2v) is 7.58. The van der Waals surface area contributed by atoms with E-state index in [4.69, 9.17) is 0 Å². The highest BCUT2D eigenvalue weighted by Crippen LogP contribution is 2.39. The molecule has 142 valence electrons. The Morgan fingerprint density at radius 1 is 0.966 bits per heavy atom. The van der Waals surface area contributed by atoms with Crippen molar-refractivity contribution in [1.29, 1.82) is 0 Å². The summed E-state index contributed by atoms with van der Waals surface area (Å²) in [6.07, 6.45) is 5.70. The third-order valence-corrected chi connectivity index (χ3v) is 5.94. The number of aryl methyl sites for hydroxylation is 2. The minimum atomic E-state index is -0.429. The molecule has 2 aliphatic rings. The van der Waals surface area contributed by atoms with Gasteiger partial charge in [0, 0.05) is 46.4 Å². The van der Waals surface area contributed by atoms with Crippen LogP contribution >= 0.6 is 0 Å². The standard InChI is InChI=1S/C23H16FN3O2/c24-13-6-7-14-16(10-25-18(14)9-13)19-20(23(29)26-22(19)28)17-11-27-8-2-4-12-3-1-5-15(17)21(12)27/h1,3,5-7,9-11,25H,2,4,8H2,(H,26,28,29). The van der Waals surface area contributed by atoms with E-state index < -0.39 is 11.8 Å². The molecule has 6 heteroatoms. The van der Waals surface area contributed by atoms with Crippen LogP contribution in [0.5, 0.6) is 0 Å². The first-order valence-corrected chi connectivity index (χ1v) is 9.60. The Balaban J connectivity index is 1.68. The lowest BCUT2D eigenvalue weighted by atomic mass is 9.94. The van der Waals surface area contributed by atoms with Crippen LogP contribution in [-0.4, -0.2) is 21.4 Å². The van der Waals surface area contributed by atoms with Gasteiger partial charge in [0.2, 0.25) is 0 Å². The molecule has 0 saturated carbocycles. The van der Waals surface area contributed by atoms with E-state index in [0.717, 1.165) is 35.9 Å². The third-order valence-electron chi connectivity index (χ3n) is 5.94. The van der Waals surface area contributed by atoms with E-state index in [1.54, 1.807) is 12.3 Å². The first kappa shape index (κ1) is 16.3. The Morgan fingerprint density at radius 3 is 2.66 bits per heavy atom. The van der Waals surface area contributed by atoms with Gasteiger partial charge >= 0.3 is 0 Å². The van der Waals surface area contributed by atoms with Gasteiger partial charge in [0.25, 0.3) is 11.8 Å². The van der Waals surface area contributed by atoms with Gasteiger partial charge in [0.1, 0.15) is 5.82 Å². The zero-order valence-corrected chi connectivity index (χ0v) is 15.4. The molecule has 0 fully saturated rings. The van der Waals surface area contributed by atoms with Crippen molar-refractivity contribution in [3.8, 4) is 0 Å². The highest BCUT2D eigenvalue weighted by molar-refractivity contribution is 6.50. The predicted octanol–water partition coefficient (Wildman–Crippen LogP) is 3.78. The fraction of sp³-hybridized carbons (Fsp3) is 0.130. The number of rotatable bonds is 2. The third kappa shape index (κ3) is 2.20. The molecular formula is C23H16FN3O2. The molecule has 0 spiro atoms. The predicted molar refractivity (Wildman–Crippen MR) is 108 cm³/mol. The molecule has 0 atom stereocenters. The first-order chi connectivity index (χ1) is 14.1. The first-order valence-electron chi connectivity index (χ1n) is 9.60. The van der Waals surface area contributed by atoms with Crippen LogP contribution in [-0.2, 0) is 22.6 Å². The van der Waals surface area contributed by atoms with E-state index in [0.29, 0.717) is 27.6 Å². The van der Waals surface area contributed by atoms with Gasteiger partial charge in [-0.2, -0.15) is 0 Å². The Kier molecular flexibility index (Phi) is 3.19. The van der Waals surface area contributed by atoms with Crippen molar-refractivity contribution in [2.75, 3.05) is 0 Å². The molecule has 0 unspecified atom stereocenters. The van der Waals surface area contributed by atoms with Crippen molar-refractivity contribution in [2.24, 2.45) is 0 Å². The average Bonchev–Trinajstić information content (AvgIpc) is 3.36. The fourth-order valence-electron chi connectivity index (χ4n) is 4.73. The Labute approximate surface area is 164 Å². The Bertz CT molecular complexity index is 1410. The summed E-state index contributed by atoms with van der Waals surface area (Å²) >= 11 is 0. The molecular weight excluding hydrogens is 369 g/mol. The summed E-state index contributed by atoms with van der Waals surface area (Å²) in [5, 5.41) is 4.14. The summed E-state index contributed by atoms with van der Waals surface area (Å²) in [7, 11) is 0. The number of hydrogen-bond donors (Lipinski definition) is 2. The number of nitrogens with zero attached hydrogens (tertiary/aromatic N) is 1. The monoisotopic (exact) mass is 385 g/mol. The number of para-hydroxylation sites is 1. The van der Waals surface area contributed by atoms with Crippen LogP contribution in [0, 0.1) is 5.82 Å². The zero-order chi connectivity index (χ0) is 19.7. The molecule has 29 heavy (non-hydrogen) atoms. The minimum Gasteiger partial charge on any atom is -0.360 e. The van der Waals surface area contributed by atoms with E-state index in [2.05, 4.69) is 20.9 Å². The minimum absolute atomic E-state index is 0.330. The van der Waals surface area contributed by atoms with Crippen molar-refractivity contribution in [3.63, 3.8) is 0 Å². The molecule has 4 aromatic rings. The maximum Gasteiger partial charge on any atom is 0.259 e. The second-order valence-electron chi connectivity index (χ2n) is 7.58. The summed E-state index contributed by atoms with van der Waals surface area (Å²) in [6, 6.07) is 10.5. The largest absolute Gasteiger partial charge is 0.360 e. The van der Waals surface area contributed by atoms with Crippen molar-refractivity contribution < 1.29 is 14.0 Å². The van der Waals surface area contributed by atoms with E-state index >= 15 is 0 Å². The van der Waals surface area contributed by atoms with Gasteiger partial charge in [0.15, 0.2) is 0 Å². The average molecular weight is 385 g/mol.